The highest BCUT2D eigenvalue weighted by molar-refractivity contribution is 7.14. The first-order valence-electron chi connectivity index (χ1n) is 7.08. The molecule has 110 valence electrons. The first-order valence-corrected chi connectivity index (χ1v) is 7.90. The van der Waals surface area contributed by atoms with E-state index in [1.807, 2.05) is 18.2 Å². The van der Waals surface area contributed by atoms with Crippen LogP contribution in [0.25, 0.3) is 0 Å². The largest absolute Gasteiger partial charge is 0.386 e. The predicted molar refractivity (Wildman–Crippen MR) is 85.8 cm³/mol. The van der Waals surface area contributed by atoms with Gasteiger partial charge >= 0.3 is 0 Å². The quantitative estimate of drug-likeness (QED) is 0.830. The molecule has 21 heavy (non-hydrogen) atoms. The Morgan fingerprint density at radius 3 is 2.76 bits per heavy atom. The second kappa shape index (κ2) is 6.00. The molecule has 2 aromatic rings. The van der Waals surface area contributed by atoms with Crippen molar-refractivity contribution in [3.05, 3.63) is 57.8 Å². The minimum atomic E-state index is -0.359. The van der Waals surface area contributed by atoms with E-state index in [0.29, 0.717) is 13.2 Å². The van der Waals surface area contributed by atoms with Gasteiger partial charge in [0.25, 0.3) is 0 Å². The van der Waals surface area contributed by atoms with E-state index in [0.717, 1.165) is 12.1 Å². The molecule has 0 bridgehead atoms. The maximum Gasteiger partial charge on any atom is 0.163 e. The molecule has 1 unspecified atom stereocenters. The Morgan fingerprint density at radius 2 is 2.05 bits per heavy atom. The lowest BCUT2D eigenvalue weighted by Crippen LogP contribution is -2.31. The van der Waals surface area contributed by atoms with Crippen LogP contribution in [-0.4, -0.2) is 17.9 Å². The minimum Gasteiger partial charge on any atom is -0.386 e. The number of hydrogen-bond donors (Lipinski definition) is 0. The highest BCUT2D eigenvalue weighted by atomic mass is 32.1. The zero-order valence-corrected chi connectivity index (χ0v) is 13.2. The van der Waals surface area contributed by atoms with Gasteiger partial charge in [0.1, 0.15) is 5.71 Å². The number of ether oxygens (including phenoxy) is 1. The van der Waals surface area contributed by atoms with E-state index in [9.17, 15) is 0 Å². The first-order chi connectivity index (χ1) is 10.1. The fraction of sp³-hybridized carbons (Fsp3) is 0.353. The Labute approximate surface area is 129 Å². The van der Waals surface area contributed by atoms with Crippen LogP contribution in [-0.2, 0) is 16.2 Å². The van der Waals surface area contributed by atoms with Crippen molar-refractivity contribution < 1.29 is 9.57 Å². The average molecular weight is 301 g/mol. The van der Waals surface area contributed by atoms with Gasteiger partial charge in [0, 0.05) is 11.3 Å². The van der Waals surface area contributed by atoms with E-state index < -0.39 is 0 Å². The summed E-state index contributed by atoms with van der Waals surface area (Å²) in [6.07, 6.45) is 0.793. The van der Waals surface area contributed by atoms with Gasteiger partial charge in [-0.25, -0.2) is 0 Å². The summed E-state index contributed by atoms with van der Waals surface area (Å²) >= 11 is 1.75. The molecule has 0 radical (unpaired) electrons. The number of oxime groups is 1. The van der Waals surface area contributed by atoms with Crippen molar-refractivity contribution in [1.82, 2.24) is 0 Å². The molecule has 0 saturated carbocycles. The predicted octanol–water partition coefficient (Wildman–Crippen LogP) is 4.16. The van der Waals surface area contributed by atoms with Crippen LogP contribution >= 0.6 is 11.3 Å². The summed E-state index contributed by atoms with van der Waals surface area (Å²) in [5.41, 5.74) is 1.84. The molecule has 3 nitrogen and oxygen atoms in total. The lowest BCUT2D eigenvalue weighted by Gasteiger charge is -2.21. The Bertz CT molecular complexity index is 635. The van der Waals surface area contributed by atoms with Crippen molar-refractivity contribution in [3.63, 3.8) is 0 Å². The molecular formula is C17H19NO2S. The van der Waals surface area contributed by atoms with Crippen LogP contribution in [0.5, 0.6) is 0 Å². The van der Waals surface area contributed by atoms with Crippen molar-refractivity contribution in [2.45, 2.75) is 32.5 Å². The van der Waals surface area contributed by atoms with Crippen LogP contribution in [0.1, 0.15) is 28.7 Å². The molecule has 1 aromatic carbocycles. The molecule has 4 heteroatoms. The molecule has 0 saturated heterocycles. The number of nitrogens with zero attached hydrogens (tertiary/aromatic N) is 1. The molecule has 1 aliphatic heterocycles. The highest BCUT2D eigenvalue weighted by Crippen LogP contribution is 2.29. The zero-order valence-electron chi connectivity index (χ0n) is 12.3. The average Bonchev–Trinajstić information content (AvgIpc) is 3.07. The smallest absolute Gasteiger partial charge is 0.163 e. The molecule has 0 N–H and O–H groups in total. The first kappa shape index (κ1) is 14.3. The van der Waals surface area contributed by atoms with Crippen molar-refractivity contribution in [2.75, 3.05) is 6.61 Å². The van der Waals surface area contributed by atoms with Gasteiger partial charge in [-0.1, -0.05) is 35.5 Å². The van der Waals surface area contributed by atoms with Gasteiger partial charge < -0.3 is 9.57 Å². The van der Waals surface area contributed by atoms with E-state index in [4.69, 9.17) is 9.57 Å². The number of thiophene rings is 1. The maximum atomic E-state index is 5.80. The lowest BCUT2D eigenvalue weighted by molar-refractivity contribution is -0.0709. The SMILES string of the molecule is Cc1ccc(C2=NOC(C)(COCc3ccccc3)C2)s1. The van der Waals surface area contributed by atoms with Crippen molar-refractivity contribution >= 4 is 17.0 Å². The molecule has 3 rings (SSSR count). The molecule has 1 atom stereocenters. The maximum absolute atomic E-state index is 5.80. The molecule has 0 amide bonds. The number of rotatable bonds is 5. The van der Waals surface area contributed by atoms with Crippen LogP contribution in [0.2, 0.25) is 0 Å². The van der Waals surface area contributed by atoms with Crippen LogP contribution in [0, 0.1) is 6.92 Å². The van der Waals surface area contributed by atoms with Crippen molar-refractivity contribution in [2.24, 2.45) is 5.16 Å². The number of hydrogen-bond acceptors (Lipinski definition) is 4. The third-order valence-corrected chi connectivity index (χ3v) is 4.51. The summed E-state index contributed by atoms with van der Waals surface area (Å²) in [5, 5.41) is 4.25. The van der Waals surface area contributed by atoms with E-state index >= 15 is 0 Å². The number of aryl methyl sites for hydroxylation is 1. The van der Waals surface area contributed by atoms with Gasteiger partial charge in [0.05, 0.1) is 18.1 Å². The lowest BCUT2D eigenvalue weighted by atomic mass is 10.0. The third kappa shape index (κ3) is 3.52. The summed E-state index contributed by atoms with van der Waals surface area (Å²) in [4.78, 5) is 8.11. The molecule has 1 aliphatic rings. The van der Waals surface area contributed by atoms with Crippen LogP contribution in [0.4, 0.5) is 0 Å². The van der Waals surface area contributed by atoms with Gasteiger partial charge in [-0.2, -0.15) is 0 Å². The van der Waals surface area contributed by atoms with Gasteiger partial charge in [0.2, 0.25) is 0 Å². The highest BCUT2D eigenvalue weighted by Gasteiger charge is 2.35. The normalized spacial score (nSPS) is 21.1. The summed E-state index contributed by atoms with van der Waals surface area (Å²) in [7, 11) is 0. The van der Waals surface area contributed by atoms with E-state index in [2.05, 4.69) is 43.3 Å². The minimum absolute atomic E-state index is 0.359. The molecule has 0 aliphatic carbocycles. The zero-order chi connectivity index (χ0) is 14.7. The standard InChI is InChI=1S/C17H19NO2S/c1-13-8-9-16(21-13)15-10-17(2,20-18-15)12-19-11-14-6-4-3-5-7-14/h3-9H,10-12H2,1-2H3. The Morgan fingerprint density at radius 1 is 1.24 bits per heavy atom. The summed E-state index contributed by atoms with van der Waals surface area (Å²) < 4.78 is 5.80. The van der Waals surface area contributed by atoms with Gasteiger partial charge in [0.15, 0.2) is 5.60 Å². The van der Waals surface area contributed by atoms with Crippen LogP contribution in [0.15, 0.2) is 47.6 Å². The Kier molecular flexibility index (Phi) is 4.08. The van der Waals surface area contributed by atoms with Crippen LogP contribution < -0.4 is 0 Å². The van der Waals surface area contributed by atoms with Crippen LogP contribution in [0.3, 0.4) is 0 Å². The van der Waals surface area contributed by atoms with E-state index in [1.54, 1.807) is 11.3 Å². The van der Waals surface area contributed by atoms with Gasteiger partial charge in [-0.15, -0.1) is 11.3 Å². The summed E-state index contributed by atoms with van der Waals surface area (Å²) in [5.74, 6) is 0. The van der Waals surface area contributed by atoms with E-state index in [-0.39, 0.29) is 5.60 Å². The second-order valence-corrected chi connectivity index (χ2v) is 6.93. The molecule has 1 aromatic heterocycles. The molecule has 2 heterocycles. The molecule has 0 spiro atoms. The Hall–Kier alpha value is -1.65. The summed E-state index contributed by atoms with van der Waals surface area (Å²) in [6.45, 7) is 5.30. The van der Waals surface area contributed by atoms with Crippen molar-refractivity contribution in [3.8, 4) is 0 Å². The fourth-order valence-corrected chi connectivity index (χ4v) is 3.19. The topological polar surface area (TPSA) is 30.8 Å². The molecular weight excluding hydrogens is 282 g/mol. The molecule has 0 fully saturated rings. The van der Waals surface area contributed by atoms with E-state index in [1.165, 1.54) is 15.3 Å². The Balaban J connectivity index is 1.53. The fourth-order valence-electron chi connectivity index (χ4n) is 2.34. The van der Waals surface area contributed by atoms with Crippen molar-refractivity contribution in [1.29, 1.82) is 0 Å². The second-order valence-electron chi connectivity index (χ2n) is 5.64. The number of benzene rings is 1. The summed E-state index contributed by atoms with van der Waals surface area (Å²) in [6, 6.07) is 14.4. The third-order valence-electron chi connectivity index (χ3n) is 3.46. The van der Waals surface area contributed by atoms with Gasteiger partial charge in [-0.05, 0) is 31.5 Å². The monoisotopic (exact) mass is 301 g/mol. The van der Waals surface area contributed by atoms with Gasteiger partial charge in [-0.3, -0.25) is 0 Å².